The van der Waals surface area contributed by atoms with Crippen LogP contribution in [0.4, 0.5) is 10.5 Å². The van der Waals surface area contributed by atoms with Gasteiger partial charge in [-0.15, -0.1) is 0 Å². The number of urea groups is 1. The highest BCUT2D eigenvalue weighted by Gasteiger charge is 2.32. The third-order valence-corrected chi connectivity index (χ3v) is 7.74. The summed E-state index contributed by atoms with van der Waals surface area (Å²) in [5.41, 5.74) is 3.19. The fraction of sp³-hybridized carbons (Fsp3) is 0.469. The average molecular weight is 578 g/mol. The molecule has 0 saturated heterocycles. The van der Waals surface area contributed by atoms with Crippen LogP contribution < -0.4 is 15.4 Å². The summed E-state index contributed by atoms with van der Waals surface area (Å²) < 4.78 is 8.50. The summed E-state index contributed by atoms with van der Waals surface area (Å²) in [6, 6.07) is 12.7. The molecule has 10 heteroatoms. The van der Waals surface area contributed by atoms with Crippen LogP contribution in [0.2, 0.25) is 0 Å². The average Bonchev–Trinajstić information content (AvgIpc) is 3.27. The number of hydrogen-bond acceptors (Lipinski definition) is 5. The van der Waals surface area contributed by atoms with Gasteiger partial charge in [-0.25, -0.2) is 4.79 Å². The fourth-order valence-electron chi connectivity index (χ4n) is 5.38. The zero-order valence-electron chi connectivity index (χ0n) is 25.4. The number of carbonyl (C=O) groups excluding carboxylic acids is 3. The summed E-state index contributed by atoms with van der Waals surface area (Å²) in [5.74, 6) is 0.0900. The predicted molar refractivity (Wildman–Crippen MR) is 164 cm³/mol. The molecule has 1 aliphatic rings. The molecule has 10 nitrogen and oxygen atoms in total. The van der Waals surface area contributed by atoms with Crippen molar-refractivity contribution in [3.8, 4) is 5.75 Å². The number of amides is 4. The maximum absolute atomic E-state index is 13.5. The van der Waals surface area contributed by atoms with Crippen molar-refractivity contribution in [2.45, 2.75) is 58.7 Å². The molecule has 0 fully saturated rings. The Morgan fingerprint density at radius 1 is 1.17 bits per heavy atom. The molecule has 2 aromatic carbocycles. The molecule has 0 unspecified atom stereocenters. The summed E-state index contributed by atoms with van der Waals surface area (Å²) in [6.07, 6.45) is 1.81. The smallest absolute Gasteiger partial charge is 0.317 e. The van der Waals surface area contributed by atoms with Crippen LogP contribution in [0.25, 0.3) is 10.9 Å². The molecule has 4 amide bonds. The Kier molecular flexibility index (Phi) is 9.78. The van der Waals surface area contributed by atoms with Crippen LogP contribution in [0, 0.1) is 5.92 Å². The summed E-state index contributed by atoms with van der Waals surface area (Å²) in [6.45, 7) is 8.10. The number of aryl methyl sites for hydroxylation is 1. The Labute approximate surface area is 247 Å². The van der Waals surface area contributed by atoms with Gasteiger partial charge in [0.1, 0.15) is 11.9 Å². The molecule has 2 heterocycles. The van der Waals surface area contributed by atoms with Crippen molar-refractivity contribution in [1.82, 2.24) is 19.7 Å². The second kappa shape index (κ2) is 13.3. The van der Waals surface area contributed by atoms with Crippen molar-refractivity contribution in [2.24, 2.45) is 13.0 Å². The zero-order chi connectivity index (χ0) is 30.6. The number of fused-ring (bicyclic) bond motifs is 2. The van der Waals surface area contributed by atoms with Gasteiger partial charge < -0.3 is 34.8 Å². The number of nitrogens with zero attached hydrogens (tertiary/aromatic N) is 3. The number of hydrogen-bond donors (Lipinski definition) is 3. The number of ether oxygens (including phenoxy) is 1. The van der Waals surface area contributed by atoms with Gasteiger partial charge in [0, 0.05) is 61.0 Å². The number of likely N-dealkylation sites (N-methyl/N-ethyl adjacent to an activating group) is 1. The van der Waals surface area contributed by atoms with E-state index in [1.54, 1.807) is 35.0 Å². The lowest BCUT2D eigenvalue weighted by atomic mass is 10.0. The summed E-state index contributed by atoms with van der Waals surface area (Å²) in [7, 11) is 3.68. The number of aliphatic hydroxyl groups excluding tert-OH is 1. The van der Waals surface area contributed by atoms with Gasteiger partial charge in [0.05, 0.1) is 32.0 Å². The minimum Gasteiger partial charge on any atom is -0.488 e. The van der Waals surface area contributed by atoms with Gasteiger partial charge >= 0.3 is 6.03 Å². The molecule has 1 aliphatic heterocycles. The Hall–Kier alpha value is -4.05. The number of benzene rings is 2. The van der Waals surface area contributed by atoms with E-state index in [-0.39, 0.29) is 55.3 Å². The summed E-state index contributed by atoms with van der Waals surface area (Å²) in [5, 5.41) is 16.8. The molecule has 4 rings (SSSR count). The van der Waals surface area contributed by atoms with Crippen LogP contribution in [-0.4, -0.2) is 82.3 Å². The number of aliphatic hydroxyl groups is 1. The van der Waals surface area contributed by atoms with E-state index in [0.29, 0.717) is 30.1 Å². The summed E-state index contributed by atoms with van der Waals surface area (Å²) in [4.78, 5) is 42.5. The molecule has 42 heavy (non-hydrogen) atoms. The normalized spacial score (nSPS) is 18.0. The second-order valence-electron chi connectivity index (χ2n) is 11.7. The Morgan fingerprint density at radius 2 is 1.90 bits per heavy atom. The van der Waals surface area contributed by atoms with Gasteiger partial charge in [-0.2, -0.15) is 0 Å². The van der Waals surface area contributed by atoms with Gasteiger partial charge in [-0.05, 0) is 50.6 Å². The first-order valence-electron chi connectivity index (χ1n) is 14.5. The minimum atomic E-state index is -0.419. The molecule has 3 aromatic rings. The fourth-order valence-corrected chi connectivity index (χ4v) is 5.38. The number of para-hydroxylation sites is 1. The van der Waals surface area contributed by atoms with E-state index < -0.39 is 6.10 Å². The molecule has 0 saturated carbocycles. The van der Waals surface area contributed by atoms with Gasteiger partial charge in [-0.3, -0.25) is 9.59 Å². The lowest BCUT2D eigenvalue weighted by Gasteiger charge is -2.34. The van der Waals surface area contributed by atoms with E-state index in [2.05, 4.69) is 10.6 Å². The van der Waals surface area contributed by atoms with Gasteiger partial charge in [0.2, 0.25) is 11.8 Å². The van der Waals surface area contributed by atoms with Crippen LogP contribution in [0.3, 0.4) is 0 Å². The molecular formula is C32H43N5O5. The van der Waals surface area contributed by atoms with Crippen molar-refractivity contribution < 1.29 is 24.2 Å². The van der Waals surface area contributed by atoms with Crippen LogP contribution in [-0.2, 0) is 29.5 Å². The molecular weight excluding hydrogens is 534 g/mol. The van der Waals surface area contributed by atoms with Gasteiger partial charge in [0.25, 0.3) is 0 Å². The molecule has 3 atom stereocenters. The summed E-state index contributed by atoms with van der Waals surface area (Å²) >= 11 is 0. The van der Waals surface area contributed by atoms with Crippen LogP contribution in [0.5, 0.6) is 5.75 Å². The van der Waals surface area contributed by atoms with Crippen molar-refractivity contribution in [3.63, 3.8) is 0 Å². The maximum Gasteiger partial charge on any atom is 0.317 e. The van der Waals surface area contributed by atoms with E-state index in [0.717, 1.165) is 16.5 Å². The first-order chi connectivity index (χ1) is 20.0. The molecule has 226 valence electrons. The molecule has 0 bridgehead atoms. The highest BCUT2D eigenvalue weighted by atomic mass is 16.5. The molecule has 0 aliphatic carbocycles. The Balaban J connectivity index is 1.58. The lowest BCUT2D eigenvalue weighted by Crippen LogP contribution is -2.49. The second-order valence-corrected chi connectivity index (χ2v) is 11.7. The predicted octanol–water partition coefficient (Wildman–Crippen LogP) is 3.56. The highest BCUT2D eigenvalue weighted by Crippen LogP contribution is 2.29. The monoisotopic (exact) mass is 577 g/mol. The topological polar surface area (TPSA) is 116 Å². The largest absolute Gasteiger partial charge is 0.488 e. The Bertz CT molecular complexity index is 1430. The quantitative estimate of drug-likeness (QED) is 0.379. The third-order valence-electron chi connectivity index (χ3n) is 7.74. The van der Waals surface area contributed by atoms with Crippen molar-refractivity contribution in [2.75, 3.05) is 32.1 Å². The molecule has 0 radical (unpaired) electrons. The maximum atomic E-state index is 13.5. The highest BCUT2D eigenvalue weighted by molar-refractivity contribution is 5.96. The molecule has 0 spiro atoms. The van der Waals surface area contributed by atoms with E-state index in [4.69, 9.17) is 4.74 Å². The Morgan fingerprint density at radius 3 is 2.62 bits per heavy atom. The van der Waals surface area contributed by atoms with Gasteiger partial charge in [-0.1, -0.05) is 25.1 Å². The number of aromatic nitrogens is 1. The van der Waals surface area contributed by atoms with Crippen molar-refractivity contribution in [1.29, 1.82) is 0 Å². The van der Waals surface area contributed by atoms with Crippen molar-refractivity contribution >= 4 is 34.4 Å². The number of rotatable bonds is 8. The lowest BCUT2D eigenvalue weighted by molar-refractivity contribution is -0.134. The van der Waals surface area contributed by atoms with E-state index in [9.17, 15) is 19.5 Å². The number of anilines is 1. The van der Waals surface area contributed by atoms with E-state index >= 15 is 0 Å². The van der Waals surface area contributed by atoms with Crippen molar-refractivity contribution in [3.05, 3.63) is 59.8 Å². The first-order valence-corrected chi connectivity index (χ1v) is 14.5. The minimum absolute atomic E-state index is 0.00712. The first kappa shape index (κ1) is 30.9. The van der Waals surface area contributed by atoms with E-state index in [1.165, 1.54) is 0 Å². The SMILES string of the molecule is CC(C)NC(=O)N(C)C[C@@H]1Oc2ccc(NC(=O)Cc3cn(C)c4ccccc34)cc2CC(=O)N([C@@H](C)CO)C[C@@H]1C. The molecule has 3 N–H and O–H groups in total. The number of carbonyl (C=O) groups is 3. The number of nitrogens with one attached hydrogen (secondary N) is 2. The third kappa shape index (κ3) is 7.23. The van der Waals surface area contributed by atoms with Crippen LogP contribution in [0.1, 0.15) is 38.8 Å². The van der Waals surface area contributed by atoms with E-state index in [1.807, 2.05) is 69.8 Å². The van der Waals surface area contributed by atoms with Crippen LogP contribution in [0.15, 0.2) is 48.7 Å². The molecule has 1 aromatic heterocycles. The van der Waals surface area contributed by atoms with Crippen LogP contribution >= 0.6 is 0 Å². The standard InChI is InChI=1S/C32H43N5O5/c1-20(2)33-32(41)36(6)18-29-21(3)16-37(22(4)19-38)31(40)15-23-13-25(11-12-28(23)42-29)34-30(39)14-24-17-35(5)27-10-8-7-9-26(24)27/h7-13,17,20-22,29,38H,14-16,18-19H2,1-6H3,(H,33,41)(H,34,39)/t21-,22-,29-/m0/s1. The van der Waals surface area contributed by atoms with Gasteiger partial charge in [0.15, 0.2) is 0 Å². The zero-order valence-corrected chi connectivity index (χ0v) is 25.4.